The van der Waals surface area contributed by atoms with Gasteiger partial charge in [0.25, 0.3) is 0 Å². The van der Waals surface area contributed by atoms with Gasteiger partial charge >= 0.3 is 0 Å². The fraction of sp³-hybridized carbons (Fsp3) is 0. The molecule has 0 aliphatic carbocycles. The van der Waals surface area contributed by atoms with Crippen LogP contribution in [0.2, 0.25) is 0 Å². The van der Waals surface area contributed by atoms with E-state index in [1.54, 1.807) is 0 Å². The topological polar surface area (TPSA) is 59.7 Å². The predicted molar refractivity (Wildman–Crippen MR) is 241 cm³/mol. The number of anilines is 4. The molecule has 0 fully saturated rings. The number of nitrogens with one attached hydrogen (secondary N) is 2. The molecule has 0 aliphatic rings. The van der Waals surface area contributed by atoms with Gasteiger partial charge in [0.2, 0.25) is 0 Å². The van der Waals surface area contributed by atoms with Gasteiger partial charge in [0.1, 0.15) is 11.4 Å². The summed E-state index contributed by atoms with van der Waals surface area (Å²) in [7, 11) is 0. The molecule has 0 amide bonds. The van der Waals surface area contributed by atoms with E-state index in [0.717, 1.165) is 88.6 Å². The SMILES string of the molecule is c1ccc(-c2ccccc2Nc2c(-n3c4ccccc4c4ccccc43)nnc(-n3c4ccccc4c4ccccc43)c2Nc2ccccc2-c2ccccc2)cc1. The van der Waals surface area contributed by atoms with E-state index in [4.69, 9.17) is 10.2 Å². The highest BCUT2D eigenvalue weighted by atomic mass is 15.3. The third kappa shape index (κ3) is 5.50. The fourth-order valence-electron chi connectivity index (χ4n) is 8.46. The minimum atomic E-state index is 0.671. The zero-order valence-electron chi connectivity index (χ0n) is 31.4. The highest BCUT2D eigenvalue weighted by Crippen LogP contribution is 2.45. The van der Waals surface area contributed by atoms with E-state index in [1.807, 2.05) is 0 Å². The van der Waals surface area contributed by atoms with E-state index in [0.29, 0.717) is 11.6 Å². The minimum Gasteiger partial charge on any atom is -0.350 e. The Morgan fingerprint density at radius 2 is 0.586 bits per heavy atom. The number of nitrogens with zero attached hydrogens (tertiary/aromatic N) is 4. The molecule has 0 spiro atoms. The van der Waals surface area contributed by atoms with Crippen LogP contribution in [0.1, 0.15) is 0 Å². The van der Waals surface area contributed by atoms with E-state index in [-0.39, 0.29) is 0 Å². The maximum Gasteiger partial charge on any atom is 0.186 e. The van der Waals surface area contributed by atoms with Crippen LogP contribution in [0.4, 0.5) is 22.7 Å². The molecule has 0 atom stereocenters. The molecule has 0 unspecified atom stereocenters. The van der Waals surface area contributed by atoms with Gasteiger partial charge in [-0.15, -0.1) is 10.2 Å². The first-order valence-electron chi connectivity index (χ1n) is 19.5. The van der Waals surface area contributed by atoms with Gasteiger partial charge in [-0.25, -0.2) is 0 Å². The van der Waals surface area contributed by atoms with Crippen molar-refractivity contribution in [2.24, 2.45) is 0 Å². The molecule has 11 aromatic rings. The smallest absolute Gasteiger partial charge is 0.186 e. The molecule has 6 nitrogen and oxygen atoms in total. The summed E-state index contributed by atoms with van der Waals surface area (Å²) in [5.41, 5.74) is 12.0. The standard InChI is InChI=1S/C52H36N6/c1-3-19-35(20-4-1)37-23-7-13-29-43(37)53-49-50(54-44-30-14-8-24-38(44)36-21-5-2-6-22-36)52(58-47-33-17-11-27-41(47)42-28-12-18-34-48(42)58)56-55-51(49)57-45-31-15-9-25-39(45)40-26-10-16-32-46(40)57/h1-34H,(H,53,56)(H,54,55). The van der Waals surface area contributed by atoms with Gasteiger partial charge in [-0.1, -0.05) is 170 Å². The number of aromatic nitrogens is 4. The lowest BCUT2D eigenvalue weighted by Crippen LogP contribution is -2.13. The minimum absolute atomic E-state index is 0.671. The van der Waals surface area contributed by atoms with Gasteiger partial charge in [0.05, 0.1) is 22.1 Å². The maximum atomic E-state index is 5.26. The van der Waals surface area contributed by atoms with E-state index < -0.39 is 0 Å². The molecule has 0 radical (unpaired) electrons. The van der Waals surface area contributed by atoms with Crippen LogP contribution in [-0.4, -0.2) is 19.3 Å². The Hall–Kier alpha value is -7.96. The molecule has 0 aliphatic heterocycles. The first-order valence-corrected chi connectivity index (χ1v) is 19.5. The van der Waals surface area contributed by atoms with Crippen LogP contribution in [0.15, 0.2) is 206 Å². The second-order valence-electron chi connectivity index (χ2n) is 14.4. The Morgan fingerprint density at radius 3 is 0.948 bits per heavy atom. The van der Waals surface area contributed by atoms with Gasteiger partial charge in [0.15, 0.2) is 11.6 Å². The molecule has 0 bridgehead atoms. The summed E-state index contributed by atoms with van der Waals surface area (Å²) in [6.45, 7) is 0. The number of para-hydroxylation sites is 6. The van der Waals surface area contributed by atoms with E-state index in [1.165, 1.54) is 0 Å². The fourth-order valence-corrected chi connectivity index (χ4v) is 8.46. The number of rotatable bonds is 8. The monoisotopic (exact) mass is 744 g/mol. The lowest BCUT2D eigenvalue weighted by atomic mass is 10.0. The average molecular weight is 745 g/mol. The second kappa shape index (κ2) is 14.0. The second-order valence-corrected chi connectivity index (χ2v) is 14.4. The Bertz CT molecular complexity index is 2960. The summed E-state index contributed by atoms with van der Waals surface area (Å²) < 4.78 is 4.49. The van der Waals surface area contributed by atoms with Crippen LogP contribution >= 0.6 is 0 Å². The molecule has 11 rings (SSSR count). The van der Waals surface area contributed by atoms with Crippen molar-refractivity contribution in [3.63, 3.8) is 0 Å². The molecule has 0 saturated carbocycles. The molecular weight excluding hydrogens is 709 g/mol. The third-order valence-electron chi connectivity index (χ3n) is 11.1. The molecule has 58 heavy (non-hydrogen) atoms. The molecule has 2 N–H and O–H groups in total. The summed E-state index contributed by atoms with van der Waals surface area (Å²) in [5.74, 6) is 1.34. The van der Waals surface area contributed by atoms with Crippen LogP contribution in [0, 0.1) is 0 Å². The Balaban J connectivity index is 1.27. The molecule has 3 heterocycles. The van der Waals surface area contributed by atoms with Crippen LogP contribution in [0.25, 0.3) is 77.5 Å². The highest BCUT2D eigenvalue weighted by molar-refractivity contribution is 6.12. The lowest BCUT2D eigenvalue weighted by Gasteiger charge is -2.23. The van der Waals surface area contributed by atoms with Crippen LogP contribution < -0.4 is 10.6 Å². The van der Waals surface area contributed by atoms with Crippen molar-refractivity contribution in [3.05, 3.63) is 206 Å². The predicted octanol–water partition coefficient (Wildman–Crippen LogP) is 13.5. The number of hydrogen-bond acceptors (Lipinski definition) is 4. The van der Waals surface area contributed by atoms with Gasteiger partial charge in [-0.2, -0.15) is 0 Å². The van der Waals surface area contributed by atoms with Crippen molar-refractivity contribution in [1.29, 1.82) is 0 Å². The zero-order valence-corrected chi connectivity index (χ0v) is 31.4. The Labute approximate surface area is 335 Å². The lowest BCUT2D eigenvalue weighted by molar-refractivity contribution is 0.914. The summed E-state index contributed by atoms with van der Waals surface area (Å²) in [5, 5.41) is 23.1. The van der Waals surface area contributed by atoms with Gasteiger partial charge in [0, 0.05) is 44.0 Å². The van der Waals surface area contributed by atoms with Crippen molar-refractivity contribution >= 4 is 66.4 Å². The molecule has 274 valence electrons. The summed E-state index contributed by atoms with van der Waals surface area (Å²) >= 11 is 0. The third-order valence-corrected chi connectivity index (χ3v) is 11.1. The van der Waals surface area contributed by atoms with E-state index >= 15 is 0 Å². The molecule has 0 saturated heterocycles. The van der Waals surface area contributed by atoms with Crippen molar-refractivity contribution < 1.29 is 0 Å². The quantitative estimate of drug-likeness (QED) is 0.163. The van der Waals surface area contributed by atoms with E-state index in [2.05, 4.69) is 226 Å². The van der Waals surface area contributed by atoms with Gasteiger partial charge in [-0.05, 0) is 47.5 Å². The van der Waals surface area contributed by atoms with Crippen molar-refractivity contribution in [3.8, 4) is 33.9 Å². The summed E-state index contributed by atoms with van der Waals surface area (Å²) in [6, 6.07) is 72.1. The Kier molecular flexibility index (Phi) is 8.04. The first kappa shape index (κ1) is 33.4. The summed E-state index contributed by atoms with van der Waals surface area (Å²) in [6.07, 6.45) is 0. The van der Waals surface area contributed by atoms with Crippen molar-refractivity contribution in [1.82, 2.24) is 19.3 Å². The maximum absolute atomic E-state index is 5.26. The number of hydrogen-bond donors (Lipinski definition) is 2. The van der Waals surface area contributed by atoms with Gasteiger partial charge in [-0.3, -0.25) is 9.13 Å². The molecule has 8 aromatic carbocycles. The molecule has 3 aromatic heterocycles. The normalized spacial score (nSPS) is 11.4. The van der Waals surface area contributed by atoms with E-state index in [9.17, 15) is 0 Å². The summed E-state index contributed by atoms with van der Waals surface area (Å²) in [4.78, 5) is 0. The molecular formula is C52H36N6. The Morgan fingerprint density at radius 1 is 0.293 bits per heavy atom. The first-order chi connectivity index (χ1) is 28.8. The van der Waals surface area contributed by atoms with Crippen LogP contribution in [-0.2, 0) is 0 Å². The highest BCUT2D eigenvalue weighted by Gasteiger charge is 2.26. The average Bonchev–Trinajstić information content (AvgIpc) is 3.81. The zero-order chi connectivity index (χ0) is 38.4. The number of fused-ring (bicyclic) bond motifs is 6. The van der Waals surface area contributed by atoms with Crippen LogP contribution in [0.5, 0.6) is 0 Å². The molecule has 6 heteroatoms. The van der Waals surface area contributed by atoms with Crippen molar-refractivity contribution in [2.45, 2.75) is 0 Å². The van der Waals surface area contributed by atoms with Crippen LogP contribution in [0.3, 0.4) is 0 Å². The van der Waals surface area contributed by atoms with Crippen molar-refractivity contribution in [2.75, 3.05) is 10.6 Å². The van der Waals surface area contributed by atoms with Gasteiger partial charge < -0.3 is 10.6 Å². The number of benzene rings is 8. The largest absolute Gasteiger partial charge is 0.350 e.